The van der Waals surface area contributed by atoms with Gasteiger partial charge < -0.3 is 4.74 Å². The first-order valence-electron chi connectivity index (χ1n) is 6.29. The van der Waals surface area contributed by atoms with Gasteiger partial charge in [0.2, 0.25) is 0 Å². The average Bonchev–Trinajstić information content (AvgIpc) is 2.41. The van der Waals surface area contributed by atoms with E-state index in [0.717, 1.165) is 10.9 Å². The lowest BCUT2D eigenvalue weighted by Crippen LogP contribution is -2.23. The molecule has 0 radical (unpaired) electrons. The highest BCUT2D eigenvalue weighted by Gasteiger charge is 2.26. The van der Waals surface area contributed by atoms with E-state index in [4.69, 9.17) is 4.74 Å². The molecule has 0 saturated heterocycles. The molecule has 0 aromatic heterocycles. The van der Waals surface area contributed by atoms with Crippen LogP contribution in [0, 0.1) is 10.1 Å². The molecule has 5 heteroatoms. The van der Waals surface area contributed by atoms with E-state index in [0.29, 0.717) is 18.3 Å². The SMILES string of the molecule is O=[N+]([O-])c1ccc(Br)c(OCC2Cc3ccccc32)c1. The van der Waals surface area contributed by atoms with Crippen molar-refractivity contribution in [1.29, 1.82) is 0 Å². The van der Waals surface area contributed by atoms with Gasteiger partial charge in [-0.15, -0.1) is 0 Å². The van der Waals surface area contributed by atoms with Crippen LogP contribution in [0.3, 0.4) is 0 Å². The maximum atomic E-state index is 10.8. The second kappa shape index (κ2) is 5.25. The molecule has 0 amide bonds. The number of halogens is 1. The Hall–Kier alpha value is -1.88. The summed E-state index contributed by atoms with van der Waals surface area (Å²) in [4.78, 5) is 10.3. The minimum atomic E-state index is -0.419. The Morgan fingerprint density at radius 3 is 2.85 bits per heavy atom. The lowest BCUT2D eigenvalue weighted by Gasteiger charge is -2.29. The number of hydrogen-bond donors (Lipinski definition) is 0. The third-order valence-electron chi connectivity index (χ3n) is 3.53. The van der Waals surface area contributed by atoms with Crippen LogP contribution in [0.4, 0.5) is 5.69 Å². The first-order valence-corrected chi connectivity index (χ1v) is 7.09. The quantitative estimate of drug-likeness (QED) is 0.625. The molecule has 0 spiro atoms. The molecule has 0 saturated carbocycles. The molecule has 20 heavy (non-hydrogen) atoms. The Morgan fingerprint density at radius 2 is 2.10 bits per heavy atom. The van der Waals surface area contributed by atoms with Crippen LogP contribution < -0.4 is 4.74 Å². The maximum absolute atomic E-state index is 10.8. The fourth-order valence-corrected chi connectivity index (χ4v) is 2.78. The Kier molecular flexibility index (Phi) is 3.44. The first kappa shape index (κ1) is 13.1. The fourth-order valence-electron chi connectivity index (χ4n) is 2.42. The summed E-state index contributed by atoms with van der Waals surface area (Å²) in [5, 5.41) is 10.8. The van der Waals surface area contributed by atoms with Gasteiger partial charge in [0.15, 0.2) is 0 Å². The van der Waals surface area contributed by atoms with Crippen molar-refractivity contribution in [3.63, 3.8) is 0 Å². The monoisotopic (exact) mass is 333 g/mol. The van der Waals surface area contributed by atoms with Gasteiger partial charge in [0, 0.05) is 12.0 Å². The Morgan fingerprint density at radius 1 is 1.30 bits per heavy atom. The van der Waals surface area contributed by atoms with Crippen LogP contribution >= 0.6 is 15.9 Å². The number of non-ortho nitro benzene ring substituents is 1. The molecular weight excluding hydrogens is 322 g/mol. The summed E-state index contributed by atoms with van der Waals surface area (Å²) >= 11 is 3.35. The van der Waals surface area contributed by atoms with E-state index in [9.17, 15) is 10.1 Å². The number of nitrogens with zero attached hydrogens (tertiary/aromatic N) is 1. The molecule has 4 nitrogen and oxygen atoms in total. The van der Waals surface area contributed by atoms with Gasteiger partial charge in [-0.05, 0) is 39.5 Å². The zero-order valence-electron chi connectivity index (χ0n) is 10.6. The third-order valence-corrected chi connectivity index (χ3v) is 4.18. The van der Waals surface area contributed by atoms with Crippen LogP contribution in [-0.2, 0) is 6.42 Å². The largest absolute Gasteiger partial charge is 0.491 e. The molecular formula is C15H12BrNO3. The second-order valence-electron chi connectivity index (χ2n) is 4.78. The van der Waals surface area contributed by atoms with Crippen molar-refractivity contribution in [3.05, 3.63) is 68.2 Å². The van der Waals surface area contributed by atoms with Crippen LogP contribution in [-0.4, -0.2) is 11.5 Å². The van der Waals surface area contributed by atoms with Crippen molar-refractivity contribution in [2.24, 2.45) is 0 Å². The van der Waals surface area contributed by atoms with Gasteiger partial charge in [-0.25, -0.2) is 0 Å². The van der Waals surface area contributed by atoms with E-state index in [2.05, 4.69) is 28.1 Å². The third kappa shape index (κ3) is 2.41. The summed E-state index contributed by atoms with van der Waals surface area (Å²) in [6.45, 7) is 0.538. The highest BCUT2D eigenvalue weighted by Crippen LogP contribution is 2.36. The van der Waals surface area contributed by atoms with Crippen LogP contribution in [0.2, 0.25) is 0 Å². The second-order valence-corrected chi connectivity index (χ2v) is 5.64. The number of nitro groups is 1. The van der Waals surface area contributed by atoms with Gasteiger partial charge in [0.05, 0.1) is 22.1 Å². The molecule has 0 fully saturated rings. The zero-order valence-corrected chi connectivity index (χ0v) is 12.2. The molecule has 0 heterocycles. The molecule has 1 aliphatic rings. The molecule has 0 aliphatic heterocycles. The van der Waals surface area contributed by atoms with E-state index in [1.165, 1.54) is 23.3 Å². The van der Waals surface area contributed by atoms with E-state index in [1.807, 2.05) is 12.1 Å². The predicted octanol–water partition coefficient (Wildman–Crippen LogP) is 4.08. The number of nitro benzene ring substituents is 1. The van der Waals surface area contributed by atoms with Crippen LogP contribution in [0.1, 0.15) is 17.0 Å². The molecule has 1 unspecified atom stereocenters. The lowest BCUT2D eigenvalue weighted by molar-refractivity contribution is -0.385. The normalized spacial score (nSPS) is 16.1. The Balaban J connectivity index is 1.71. The topological polar surface area (TPSA) is 52.4 Å². The van der Waals surface area contributed by atoms with Crippen LogP contribution in [0.15, 0.2) is 46.9 Å². The highest BCUT2D eigenvalue weighted by molar-refractivity contribution is 9.10. The van der Waals surface area contributed by atoms with E-state index in [-0.39, 0.29) is 5.69 Å². The number of rotatable bonds is 4. The van der Waals surface area contributed by atoms with Crippen molar-refractivity contribution in [1.82, 2.24) is 0 Å². The van der Waals surface area contributed by atoms with Crippen molar-refractivity contribution in [3.8, 4) is 5.75 Å². The molecule has 102 valence electrons. The van der Waals surface area contributed by atoms with Crippen molar-refractivity contribution >= 4 is 21.6 Å². The zero-order chi connectivity index (χ0) is 14.1. The fraction of sp³-hybridized carbons (Fsp3) is 0.200. The van der Waals surface area contributed by atoms with Gasteiger partial charge in [0.25, 0.3) is 5.69 Å². The van der Waals surface area contributed by atoms with Gasteiger partial charge in [-0.1, -0.05) is 24.3 Å². The summed E-state index contributed by atoms with van der Waals surface area (Å²) in [5.41, 5.74) is 2.71. The minimum absolute atomic E-state index is 0.0391. The molecule has 1 atom stereocenters. The van der Waals surface area contributed by atoms with E-state index >= 15 is 0 Å². The summed E-state index contributed by atoms with van der Waals surface area (Å²) in [7, 11) is 0. The van der Waals surface area contributed by atoms with Crippen molar-refractivity contribution in [2.75, 3.05) is 6.61 Å². The Bertz CT molecular complexity index is 672. The van der Waals surface area contributed by atoms with E-state index in [1.54, 1.807) is 6.07 Å². The molecule has 1 aliphatic carbocycles. The van der Waals surface area contributed by atoms with E-state index < -0.39 is 4.92 Å². The average molecular weight is 334 g/mol. The minimum Gasteiger partial charge on any atom is -0.491 e. The predicted molar refractivity (Wildman–Crippen MR) is 79.2 cm³/mol. The highest BCUT2D eigenvalue weighted by atomic mass is 79.9. The van der Waals surface area contributed by atoms with Crippen molar-refractivity contribution in [2.45, 2.75) is 12.3 Å². The van der Waals surface area contributed by atoms with Gasteiger partial charge in [-0.2, -0.15) is 0 Å². The smallest absolute Gasteiger partial charge is 0.273 e. The standard InChI is InChI=1S/C15H12BrNO3/c16-14-6-5-12(17(18)19)8-15(14)20-9-11-7-10-3-1-2-4-13(10)11/h1-6,8,11H,7,9H2. The van der Waals surface area contributed by atoms with Crippen LogP contribution in [0.5, 0.6) is 5.75 Å². The number of ether oxygens (including phenoxy) is 1. The van der Waals surface area contributed by atoms with Gasteiger partial charge in [0.1, 0.15) is 5.75 Å². The van der Waals surface area contributed by atoms with Gasteiger partial charge >= 0.3 is 0 Å². The Labute approximate surface area is 124 Å². The first-order chi connectivity index (χ1) is 9.65. The van der Waals surface area contributed by atoms with Gasteiger partial charge in [-0.3, -0.25) is 10.1 Å². The number of hydrogen-bond acceptors (Lipinski definition) is 3. The molecule has 0 bridgehead atoms. The number of benzene rings is 2. The molecule has 0 N–H and O–H groups in total. The summed E-state index contributed by atoms with van der Waals surface area (Å²) < 4.78 is 6.47. The lowest BCUT2D eigenvalue weighted by atomic mass is 9.78. The molecule has 3 rings (SSSR count). The van der Waals surface area contributed by atoms with Crippen molar-refractivity contribution < 1.29 is 9.66 Å². The molecule has 2 aromatic carbocycles. The summed E-state index contributed by atoms with van der Waals surface area (Å²) in [5.74, 6) is 0.890. The summed E-state index contributed by atoms with van der Waals surface area (Å²) in [6, 6.07) is 12.8. The van der Waals surface area contributed by atoms with Crippen LogP contribution in [0.25, 0.3) is 0 Å². The summed E-state index contributed by atoms with van der Waals surface area (Å²) in [6.07, 6.45) is 1.00. The molecule has 2 aromatic rings. The number of fused-ring (bicyclic) bond motifs is 1. The maximum Gasteiger partial charge on any atom is 0.273 e.